The van der Waals surface area contributed by atoms with Gasteiger partial charge in [-0.25, -0.2) is 0 Å². The van der Waals surface area contributed by atoms with Crippen LogP contribution < -0.4 is 0 Å². The Hall–Kier alpha value is -1.56. The second-order valence-electron chi connectivity index (χ2n) is 4.29. The van der Waals surface area contributed by atoms with Gasteiger partial charge in [-0.15, -0.1) is 0 Å². The van der Waals surface area contributed by atoms with E-state index in [1.165, 1.54) is 40.3 Å². The molecule has 0 heteroatoms. The van der Waals surface area contributed by atoms with Crippen LogP contribution in [-0.2, 0) is 6.42 Å². The van der Waals surface area contributed by atoms with Gasteiger partial charge in [-0.3, -0.25) is 0 Å². The molecule has 0 heterocycles. The summed E-state index contributed by atoms with van der Waals surface area (Å²) in [7, 11) is 0. The van der Waals surface area contributed by atoms with Crippen LogP contribution in [0.3, 0.4) is 0 Å². The lowest BCUT2D eigenvalue weighted by molar-refractivity contribution is 0.989. The first-order valence-electron chi connectivity index (χ1n) is 5.53. The zero-order chi connectivity index (χ0) is 10.3. The minimum atomic E-state index is 1.18. The molecule has 0 aliphatic heterocycles. The molecule has 0 bridgehead atoms. The van der Waals surface area contributed by atoms with Crippen molar-refractivity contribution in [3.8, 4) is 0 Å². The number of rotatable bonds is 0. The molecular formula is C15H14. The summed E-state index contributed by atoms with van der Waals surface area (Å²) in [6.07, 6.45) is 6.90. The molecule has 2 aromatic carbocycles. The number of hydrogen-bond acceptors (Lipinski definition) is 0. The highest BCUT2D eigenvalue weighted by Crippen LogP contribution is 2.27. The monoisotopic (exact) mass is 194 g/mol. The average molecular weight is 194 g/mol. The maximum atomic E-state index is 2.35. The van der Waals surface area contributed by atoms with E-state index in [-0.39, 0.29) is 0 Å². The fourth-order valence-electron chi connectivity index (χ4n) is 2.37. The standard InChI is InChI=1S/C15H14/c1-11-5-4-8-14-9-12-6-2-3-7-13(12)10-15(11)14/h3-5,7-10H,2,6H2,1H3. The largest absolute Gasteiger partial charge is 0.0836 e. The molecular weight excluding hydrogens is 180 g/mol. The second kappa shape index (κ2) is 3.23. The second-order valence-corrected chi connectivity index (χ2v) is 4.29. The molecule has 1 aliphatic carbocycles. The molecule has 74 valence electrons. The molecule has 0 fully saturated rings. The van der Waals surface area contributed by atoms with E-state index in [2.05, 4.69) is 49.4 Å². The summed E-state index contributed by atoms with van der Waals surface area (Å²) in [5, 5.41) is 2.77. The molecule has 0 N–H and O–H groups in total. The number of benzene rings is 2. The Morgan fingerprint density at radius 3 is 3.00 bits per heavy atom. The molecule has 0 amide bonds. The molecule has 0 radical (unpaired) electrons. The van der Waals surface area contributed by atoms with Gasteiger partial charge in [0.05, 0.1) is 0 Å². The highest BCUT2D eigenvalue weighted by molar-refractivity contribution is 5.89. The van der Waals surface area contributed by atoms with Gasteiger partial charge in [0.15, 0.2) is 0 Å². The quantitative estimate of drug-likeness (QED) is 0.592. The molecule has 15 heavy (non-hydrogen) atoms. The van der Waals surface area contributed by atoms with Gasteiger partial charge in [-0.05, 0) is 53.3 Å². The first-order chi connectivity index (χ1) is 7.34. The fraction of sp³-hybridized carbons (Fsp3) is 0.200. The van der Waals surface area contributed by atoms with Crippen molar-refractivity contribution in [2.24, 2.45) is 0 Å². The smallest absolute Gasteiger partial charge is 0.0149 e. The molecule has 0 atom stereocenters. The highest BCUT2D eigenvalue weighted by atomic mass is 14.1. The summed E-state index contributed by atoms with van der Waals surface area (Å²) in [6.45, 7) is 2.18. The molecule has 1 aliphatic rings. The van der Waals surface area contributed by atoms with E-state index in [0.717, 1.165) is 0 Å². The Morgan fingerprint density at radius 2 is 2.07 bits per heavy atom. The van der Waals surface area contributed by atoms with Crippen LogP contribution in [0.4, 0.5) is 0 Å². The Balaban J connectivity index is 2.37. The van der Waals surface area contributed by atoms with Gasteiger partial charge in [-0.2, -0.15) is 0 Å². The van der Waals surface area contributed by atoms with E-state index in [4.69, 9.17) is 0 Å². The number of aryl methyl sites for hydroxylation is 2. The summed E-state index contributed by atoms with van der Waals surface area (Å²) < 4.78 is 0. The lowest BCUT2D eigenvalue weighted by atomic mass is 9.92. The minimum absolute atomic E-state index is 1.18. The van der Waals surface area contributed by atoms with E-state index in [1.54, 1.807) is 0 Å². The minimum Gasteiger partial charge on any atom is -0.0836 e. The van der Waals surface area contributed by atoms with Gasteiger partial charge >= 0.3 is 0 Å². The van der Waals surface area contributed by atoms with E-state index in [9.17, 15) is 0 Å². The maximum Gasteiger partial charge on any atom is -0.0149 e. The fourth-order valence-corrected chi connectivity index (χ4v) is 2.37. The average Bonchev–Trinajstić information content (AvgIpc) is 2.27. The van der Waals surface area contributed by atoms with Crippen LogP contribution in [0, 0.1) is 6.92 Å². The van der Waals surface area contributed by atoms with Crippen LogP contribution in [0.1, 0.15) is 23.1 Å². The van der Waals surface area contributed by atoms with Crippen LogP contribution in [0.5, 0.6) is 0 Å². The summed E-state index contributed by atoms with van der Waals surface area (Å²) in [5.41, 5.74) is 4.27. The zero-order valence-corrected chi connectivity index (χ0v) is 8.96. The topological polar surface area (TPSA) is 0 Å². The van der Waals surface area contributed by atoms with Crippen molar-refractivity contribution in [3.63, 3.8) is 0 Å². The third-order valence-corrected chi connectivity index (χ3v) is 3.24. The van der Waals surface area contributed by atoms with Crippen LogP contribution in [-0.4, -0.2) is 0 Å². The lowest BCUT2D eigenvalue weighted by Gasteiger charge is -2.12. The van der Waals surface area contributed by atoms with Gasteiger partial charge in [-0.1, -0.05) is 36.4 Å². The summed E-state index contributed by atoms with van der Waals surface area (Å²) in [4.78, 5) is 0. The van der Waals surface area contributed by atoms with Gasteiger partial charge in [0.25, 0.3) is 0 Å². The Labute approximate surface area is 90.2 Å². The number of allylic oxidation sites excluding steroid dienone is 1. The highest BCUT2D eigenvalue weighted by Gasteiger charge is 2.06. The number of hydrogen-bond donors (Lipinski definition) is 0. The molecule has 0 saturated heterocycles. The summed E-state index contributed by atoms with van der Waals surface area (Å²) in [5.74, 6) is 0. The molecule has 3 rings (SSSR count). The van der Waals surface area contributed by atoms with Gasteiger partial charge in [0.1, 0.15) is 0 Å². The predicted molar refractivity (Wildman–Crippen MR) is 66.0 cm³/mol. The summed E-state index contributed by atoms with van der Waals surface area (Å²) >= 11 is 0. The Bertz CT molecular complexity index is 547. The van der Waals surface area contributed by atoms with Crippen molar-refractivity contribution in [1.82, 2.24) is 0 Å². The third kappa shape index (κ3) is 1.37. The van der Waals surface area contributed by atoms with Crippen molar-refractivity contribution >= 4 is 16.8 Å². The molecule has 0 nitrogen and oxygen atoms in total. The van der Waals surface area contributed by atoms with Crippen LogP contribution in [0.25, 0.3) is 16.8 Å². The first-order valence-corrected chi connectivity index (χ1v) is 5.53. The molecule has 2 aromatic rings. The van der Waals surface area contributed by atoms with Gasteiger partial charge in [0.2, 0.25) is 0 Å². The third-order valence-electron chi connectivity index (χ3n) is 3.24. The molecule has 0 unspecified atom stereocenters. The molecule has 0 spiro atoms. The number of fused-ring (bicyclic) bond motifs is 2. The van der Waals surface area contributed by atoms with Crippen molar-refractivity contribution in [1.29, 1.82) is 0 Å². The van der Waals surface area contributed by atoms with Crippen LogP contribution in [0.2, 0.25) is 0 Å². The SMILES string of the molecule is Cc1cccc2cc3c(cc12)C=CCC3. The first kappa shape index (κ1) is 8.72. The van der Waals surface area contributed by atoms with Crippen molar-refractivity contribution < 1.29 is 0 Å². The lowest BCUT2D eigenvalue weighted by Crippen LogP contribution is -1.94. The van der Waals surface area contributed by atoms with E-state index in [1.807, 2.05) is 0 Å². The van der Waals surface area contributed by atoms with Crippen molar-refractivity contribution in [2.45, 2.75) is 19.8 Å². The van der Waals surface area contributed by atoms with Crippen LogP contribution in [0.15, 0.2) is 36.4 Å². The normalized spacial score (nSPS) is 14.2. The van der Waals surface area contributed by atoms with Gasteiger partial charge < -0.3 is 0 Å². The van der Waals surface area contributed by atoms with Crippen molar-refractivity contribution in [2.75, 3.05) is 0 Å². The van der Waals surface area contributed by atoms with Crippen molar-refractivity contribution in [3.05, 3.63) is 53.1 Å². The maximum absolute atomic E-state index is 2.35. The Morgan fingerprint density at radius 1 is 1.13 bits per heavy atom. The van der Waals surface area contributed by atoms with E-state index >= 15 is 0 Å². The predicted octanol–water partition coefficient (Wildman–Crippen LogP) is 4.11. The van der Waals surface area contributed by atoms with Crippen LogP contribution >= 0.6 is 0 Å². The molecule has 0 aromatic heterocycles. The van der Waals surface area contributed by atoms with Gasteiger partial charge in [0, 0.05) is 0 Å². The van der Waals surface area contributed by atoms with E-state index in [0.29, 0.717) is 0 Å². The molecule has 0 saturated carbocycles. The summed E-state index contributed by atoms with van der Waals surface area (Å²) in [6, 6.07) is 11.2. The zero-order valence-electron chi connectivity index (χ0n) is 8.96. The van der Waals surface area contributed by atoms with E-state index < -0.39 is 0 Å². The Kier molecular flexibility index (Phi) is 1.88.